The molecule has 4 aliphatic rings. The van der Waals surface area contributed by atoms with Crippen LogP contribution in [-0.4, -0.2) is 21.8 Å². The normalized spacial score (nSPS) is 49.6. The maximum atomic E-state index is 12.2. The molecule has 0 aromatic rings. The van der Waals surface area contributed by atoms with Gasteiger partial charge >= 0.3 is 0 Å². The molecule has 3 nitrogen and oxygen atoms in total. The van der Waals surface area contributed by atoms with E-state index >= 15 is 0 Å². The van der Waals surface area contributed by atoms with Crippen LogP contribution in [0.4, 0.5) is 0 Å². The van der Waals surface area contributed by atoms with E-state index < -0.39 is 5.79 Å². The van der Waals surface area contributed by atoms with E-state index in [4.69, 9.17) is 0 Å². The van der Waals surface area contributed by atoms with Gasteiger partial charge in [-0.25, -0.2) is 0 Å². The third-order valence-electron chi connectivity index (χ3n) is 8.63. The maximum Gasteiger partial charge on any atom is 0.166 e. The molecule has 0 saturated heterocycles. The van der Waals surface area contributed by atoms with Crippen LogP contribution >= 0.6 is 0 Å². The van der Waals surface area contributed by atoms with Gasteiger partial charge in [0.05, 0.1) is 0 Å². The van der Waals surface area contributed by atoms with Crippen LogP contribution in [0.5, 0.6) is 0 Å². The van der Waals surface area contributed by atoms with Gasteiger partial charge in [-0.15, -0.1) is 0 Å². The van der Waals surface area contributed by atoms with Gasteiger partial charge in [-0.1, -0.05) is 25.5 Å². The Bertz CT molecular complexity index is 592. The molecule has 0 spiro atoms. The minimum Gasteiger partial charge on any atom is -0.365 e. The first-order valence-corrected chi connectivity index (χ1v) is 9.82. The van der Waals surface area contributed by atoms with Crippen LogP contribution < -0.4 is 0 Å². The van der Waals surface area contributed by atoms with Gasteiger partial charge in [0.15, 0.2) is 5.79 Å². The molecule has 0 aromatic carbocycles. The van der Waals surface area contributed by atoms with Crippen LogP contribution in [0, 0.1) is 34.5 Å². The zero-order chi connectivity index (χ0) is 17.3. The third-order valence-corrected chi connectivity index (χ3v) is 8.63. The predicted molar refractivity (Wildman–Crippen MR) is 93.0 cm³/mol. The number of aliphatic hydroxyl groups is 2. The van der Waals surface area contributed by atoms with E-state index in [1.165, 1.54) is 18.4 Å². The molecule has 3 heteroatoms. The highest BCUT2D eigenvalue weighted by atomic mass is 16.5. The second-order valence-electron chi connectivity index (χ2n) is 9.70. The molecule has 2 N–H and O–H groups in total. The number of hydrogen-bond acceptors (Lipinski definition) is 3. The van der Waals surface area contributed by atoms with Crippen molar-refractivity contribution in [1.82, 2.24) is 0 Å². The Morgan fingerprint density at radius 3 is 2.54 bits per heavy atom. The van der Waals surface area contributed by atoms with E-state index in [9.17, 15) is 15.0 Å². The predicted octanol–water partition coefficient (Wildman–Crippen LogP) is 3.84. The smallest absolute Gasteiger partial charge is 0.166 e. The second-order valence-corrected chi connectivity index (χ2v) is 9.70. The number of carbonyl (C=O) groups excluding carboxylic acids is 1. The molecule has 24 heavy (non-hydrogen) atoms. The highest BCUT2D eigenvalue weighted by Gasteiger charge is 2.60. The lowest BCUT2D eigenvalue weighted by molar-refractivity contribution is -0.188. The first kappa shape index (κ1) is 16.8. The van der Waals surface area contributed by atoms with Crippen LogP contribution in [0.1, 0.15) is 72.1 Å². The maximum absolute atomic E-state index is 12.2. The van der Waals surface area contributed by atoms with E-state index in [1.54, 1.807) is 6.92 Å². The van der Waals surface area contributed by atoms with Crippen molar-refractivity contribution in [3.8, 4) is 0 Å². The van der Waals surface area contributed by atoms with Gasteiger partial charge in [-0.3, -0.25) is 4.79 Å². The first-order valence-electron chi connectivity index (χ1n) is 9.82. The molecule has 0 aliphatic heterocycles. The fraction of sp³-hybridized carbons (Fsp3) is 0.857. The number of ketones is 1. The summed E-state index contributed by atoms with van der Waals surface area (Å²) >= 11 is 0. The van der Waals surface area contributed by atoms with Crippen molar-refractivity contribution in [3.63, 3.8) is 0 Å². The molecule has 6 atom stereocenters. The van der Waals surface area contributed by atoms with Crippen molar-refractivity contribution in [2.45, 2.75) is 77.9 Å². The molecule has 0 unspecified atom stereocenters. The van der Waals surface area contributed by atoms with Crippen molar-refractivity contribution >= 4 is 5.78 Å². The molecule has 134 valence electrons. The molecule has 4 aliphatic carbocycles. The van der Waals surface area contributed by atoms with Crippen LogP contribution in [0.2, 0.25) is 0 Å². The summed E-state index contributed by atoms with van der Waals surface area (Å²) in [4.78, 5) is 12.2. The number of hydrogen-bond donors (Lipinski definition) is 2. The van der Waals surface area contributed by atoms with Crippen molar-refractivity contribution in [2.75, 3.05) is 0 Å². The zero-order valence-corrected chi connectivity index (χ0v) is 15.3. The Balaban J connectivity index is 1.66. The fourth-order valence-corrected chi connectivity index (χ4v) is 7.30. The molecular weight excluding hydrogens is 300 g/mol. The molecule has 0 bridgehead atoms. The zero-order valence-electron chi connectivity index (χ0n) is 15.3. The quantitative estimate of drug-likeness (QED) is 0.567. The summed E-state index contributed by atoms with van der Waals surface area (Å²) in [6.45, 7) is 6.53. The van der Waals surface area contributed by atoms with Crippen molar-refractivity contribution in [3.05, 3.63) is 11.6 Å². The van der Waals surface area contributed by atoms with Gasteiger partial charge in [-0.2, -0.15) is 0 Å². The monoisotopic (exact) mass is 332 g/mol. The van der Waals surface area contributed by atoms with Gasteiger partial charge in [0, 0.05) is 18.8 Å². The number of carbonyl (C=O) groups is 1. The van der Waals surface area contributed by atoms with Gasteiger partial charge in [0.1, 0.15) is 5.78 Å². The Kier molecular flexibility index (Phi) is 3.61. The number of fused-ring (bicyclic) bond motifs is 5. The lowest BCUT2D eigenvalue weighted by Crippen LogP contribution is -2.52. The molecule has 3 saturated carbocycles. The topological polar surface area (TPSA) is 57.5 Å². The highest BCUT2D eigenvalue weighted by Crippen LogP contribution is 2.66. The third kappa shape index (κ3) is 2.20. The van der Waals surface area contributed by atoms with E-state index in [-0.39, 0.29) is 16.7 Å². The highest BCUT2D eigenvalue weighted by molar-refractivity contribution is 5.79. The first-order chi connectivity index (χ1) is 11.2. The summed E-state index contributed by atoms with van der Waals surface area (Å²) in [6, 6.07) is 0. The number of rotatable bonds is 1. The van der Waals surface area contributed by atoms with Gasteiger partial charge < -0.3 is 10.2 Å². The van der Waals surface area contributed by atoms with Crippen LogP contribution in [0.15, 0.2) is 11.6 Å². The summed E-state index contributed by atoms with van der Waals surface area (Å²) in [7, 11) is 0. The largest absolute Gasteiger partial charge is 0.365 e. The Labute approximate surface area is 145 Å². The summed E-state index contributed by atoms with van der Waals surface area (Å²) in [5.74, 6) is 1.13. The van der Waals surface area contributed by atoms with Crippen molar-refractivity contribution < 1.29 is 15.0 Å². The molecule has 3 fully saturated rings. The fourth-order valence-electron chi connectivity index (χ4n) is 7.30. The van der Waals surface area contributed by atoms with Crippen LogP contribution in [0.25, 0.3) is 0 Å². The van der Waals surface area contributed by atoms with Gasteiger partial charge in [0.25, 0.3) is 0 Å². The number of Topliss-reactive ketones (excluding diaryl/α,β-unsaturated/α-hetero) is 1. The Morgan fingerprint density at radius 2 is 1.83 bits per heavy atom. The molecule has 0 radical (unpaired) electrons. The Hall–Kier alpha value is -0.670. The van der Waals surface area contributed by atoms with E-state index in [1.807, 2.05) is 0 Å². The summed E-state index contributed by atoms with van der Waals surface area (Å²) in [5.41, 5.74) is 1.61. The van der Waals surface area contributed by atoms with E-state index in [0.29, 0.717) is 36.4 Å². The summed E-state index contributed by atoms with van der Waals surface area (Å²) in [5, 5.41) is 20.2. The molecular formula is C21H32O3. The van der Waals surface area contributed by atoms with Gasteiger partial charge in [0.2, 0.25) is 0 Å². The summed E-state index contributed by atoms with van der Waals surface area (Å²) in [6.07, 6.45) is 9.81. The average Bonchev–Trinajstić information content (AvgIpc) is 2.85. The number of allylic oxidation sites excluding steroid dienone is 1. The molecule has 4 rings (SSSR count). The van der Waals surface area contributed by atoms with Gasteiger partial charge in [-0.05, 0) is 74.0 Å². The second kappa shape index (κ2) is 5.17. The summed E-state index contributed by atoms with van der Waals surface area (Å²) < 4.78 is 0. The van der Waals surface area contributed by atoms with Crippen LogP contribution in [-0.2, 0) is 4.79 Å². The van der Waals surface area contributed by atoms with Crippen molar-refractivity contribution in [1.29, 1.82) is 0 Å². The minimum atomic E-state index is -1.51. The molecule has 0 heterocycles. The van der Waals surface area contributed by atoms with E-state index in [2.05, 4.69) is 19.9 Å². The lowest BCUT2D eigenvalue weighted by atomic mass is 9.47. The van der Waals surface area contributed by atoms with Crippen LogP contribution in [0.3, 0.4) is 0 Å². The lowest BCUT2D eigenvalue weighted by Gasteiger charge is -2.58. The SMILES string of the molecule is CC(=O)[C@H]1CC[C@H]2[C@@H]3CC=C4CC(O)(O)CC[C@]4(C)[C@H]3CC[C@]12C. The average molecular weight is 332 g/mol. The minimum absolute atomic E-state index is 0.132. The van der Waals surface area contributed by atoms with E-state index in [0.717, 1.165) is 25.7 Å². The molecule has 0 aromatic heterocycles. The molecule has 0 amide bonds. The van der Waals surface area contributed by atoms with Crippen molar-refractivity contribution in [2.24, 2.45) is 34.5 Å². The Morgan fingerprint density at radius 1 is 1.08 bits per heavy atom. The standard InChI is InChI=1S/C21H32O3/c1-13(22)16-6-7-17-15-5-4-14-12-21(23,24)11-10-19(14,2)18(15)8-9-20(16,17)3/h4,15-18,23-24H,5-12H2,1-3H3/t15-,16+,17-,18-,19-,20+/m0/s1.